The number of pyridine rings is 1. The number of anilines is 1. The van der Waals surface area contributed by atoms with Gasteiger partial charge in [0.2, 0.25) is 0 Å². The second-order valence-corrected chi connectivity index (χ2v) is 6.39. The fourth-order valence-corrected chi connectivity index (χ4v) is 3.32. The Hall–Kier alpha value is -2.05. The van der Waals surface area contributed by atoms with E-state index in [0.29, 0.717) is 48.0 Å². The summed E-state index contributed by atoms with van der Waals surface area (Å²) in [7, 11) is 0. The van der Waals surface area contributed by atoms with E-state index in [1.165, 1.54) is 12.1 Å². The van der Waals surface area contributed by atoms with Crippen LogP contribution in [0.15, 0.2) is 36.4 Å². The predicted molar refractivity (Wildman–Crippen MR) is 92.3 cm³/mol. The molecule has 0 unspecified atom stereocenters. The zero-order valence-electron chi connectivity index (χ0n) is 13.1. The Morgan fingerprint density at radius 1 is 0.960 bits per heavy atom. The van der Waals surface area contributed by atoms with Crippen LogP contribution in [0.1, 0.15) is 5.56 Å². The van der Waals surface area contributed by atoms with Gasteiger partial charge in [-0.3, -0.25) is 0 Å². The van der Waals surface area contributed by atoms with Gasteiger partial charge < -0.3 is 9.64 Å². The molecule has 0 atom stereocenters. The zero-order valence-corrected chi connectivity index (χ0v) is 13.9. The minimum Gasteiger partial charge on any atom is -0.378 e. The van der Waals surface area contributed by atoms with E-state index in [4.69, 9.17) is 16.3 Å². The lowest BCUT2D eigenvalue weighted by molar-refractivity contribution is -0.137. The maximum atomic E-state index is 13.2. The van der Waals surface area contributed by atoms with Gasteiger partial charge in [0.25, 0.3) is 0 Å². The van der Waals surface area contributed by atoms with Crippen LogP contribution in [-0.2, 0) is 10.9 Å². The number of alkyl halides is 3. The predicted octanol–water partition coefficient (Wildman–Crippen LogP) is 4.90. The van der Waals surface area contributed by atoms with Gasteiger partial charge in [-0.05, 0) is 29.7 Å². The van der Waals surface area contributed by atoms with Gasteiger partial charge in [0.1, 0.15) is 5.82 Å². The average molecular weight is 367 g/mol. The van der Waals surface area contributed by atoms with Gasteiger partial charge in [-0.25, -0.2) is 4.98 Å². The molecule has 2 aromatic carbocycles. The molecule has 0 saturated carbocycles. The summed E-state index contributed by atoms with van der Waals surface area (Å²) < 4.78 is 44.9. The summed E-state index contributed by atoms with van der Waals surface area (Å²) in [6, 6.07) is 9.05. The van der Waals surface area contributed by atoms with Crippen molar-refractivity contribution in [1.29, 1.82) is 0 Å². The number of hydrogen-bond donors (Lipinski definition) is 0. The molecule has 1 saturated heterocycles. The van der Waals surface area contributed by atoms with Crippen LogP contribution < -0.4 is 4.90 Å². The summed E-state index contributed by atoms with van der Waals surface area (Å²) in [6.45, 7) is 2.22. The highest BCUT2D eigenvalue weighted by atomic mass is 35.5. The maximum Gasteiger partial charge on any atom is 0.416 e. The number of aromatic nitrogens is 1. The van der Waals surface area contributed by atoms with E-state index < -0.39 is 11.7 Å². The lowest BCUT2D eigenvalue weighted by atomic mass is 10.0. The standard InChI is InChI=1S/C18H14ClF3N2O/c19-12-2-4-14-13-3-1-11(18(20,21)22)9-15(13)17(23-16(14)10-12)24-5-7-25-8-6-24/h1-4,9-10H,5-8H2. The van der Waals surface area contributed by atoms with Crippen LogP contribution in [0.3, 0.4) is 0 Å². The third-order valence-corrected chi connectivity index (χ3v) is 4.61. The Balaban J connectivity index is 2.03. The first-order valence-electron chi connectivity index (χ1n) is 7.86. The van der Waals surface area contributed by atoms with Crippen LogP contribution in [0, 0.1) is 0 Å². The van der Waals surface area contributed by atoms with Crippen molar-refractivity contribution in [3.8, 4) is 0 Å². The topological polar surface area (TPSA) is 25.4 Å². The van der Waals surface area contributed by atoms with Gasteiger partial charge in [-0.1, -0.05) is 23.7 Å². The van der Waals surface area contributed by atoms with Crippen LogP contribution in [-0.4, -0.2) is 31.3 Å². The van der Waals surface area contributed by atoms with Gasteiger partial charge in [0.05, 0.1) is 24.3 Å². The van der Waals surface area contributed by atoms with Gasteiger partial charge in [0, 0.05) is 28.9 Å². The summed E-state index contributed by atoms with van der Waals surface area (Å²) in [5.74, 6) is 0.541. The first kappa shape index (κ1) is 16.4. The highest BCUT2D eigenvalue weighted by molar-refractivity contribution is 6.31. The minimum absolute atomic E-state index is 0.492. The number of ether oxygens (including phenoxy) is 1. The molecule has 2 heterocycles. The van der Waals surface area contributed by atoms with Gasteiger partial charge in [-0.15, -0.1) is 0 Å². The van der Waals surface area contributed by atoms with Crippen LogP contribution >= 0.6 is 11.6 Å². The van der Waals surface area contributed by atoms with E-state index in [-0.39, 0.29) is 0 Å². The summed E-state index contributed by atoms with van der Waals surface area (Å²) in [5, 5.41) is 2.55. The molecule has 0 N–H and O–H groups in total. The SMILES string of the molecule is FC(F)(F)c1ccc2c(c1)c(N1CCOCC1)nc1cc(Cl)ccc12. The summed E-state index contributed by atoms with van der Waals surface area (Å²) in [6.07, 6.45) is -4.40. The number of morpholine rings is 1. The molecule has 0 bridgehead atoms. The van der Waals surface area contributed by atoms with Crippen LogP contribution in [0.2, 0.25) is 5.02 Å². The molecular formula is C18H14ClF3N2O. The molecule has 0 amide bonds. The van der Waals surface area contributed by atoms with E-state index >= 15 is 0 Å². The van der Waals surface area contributed by atoms with Crippen LogP contribution in [0.4, 0.5) is 19.0 Å². The van der Waals surface area contributed by atoms with Crippen molar-refractivity contribution in [3.05, 3.63) is 47.0 Å². The first-order chi connectivity index (χ1) is 11.9. The Morgan fingerprint density at radius 2 is 1.68 bits per heavy atom. The Morgan fingerprint density at radius 3 is 2.40 bits per heavy atom. The molecular weight excluding hydrogens is 353 g/mol. The van der Waals surface area contributed by atoms with Crippen molar-refractivity contribution in [2.45, 2.75) is 6.18 Å². The molecule has 7 heteroatoms. The van der Waals surface area contributed by atoms with Gasteiger partial charge in [0.15, 0.2) is 0 Å². The first-order valence-corrected chi connectivity index (χ1v) is 8.24. The molecule has 3 nitrogen and oxygen atoms in total. The fraction of sp³-hybridized carbons (Fsp3) is 0.278. The zero-order chi connectivity index (χ0) is 17.6. The van der Waals surface area contributed by atoms with Crippen molar-refractivity contribution in [2.75, 3.05) is 31.2 Å². The third-order valence-electron chi connectivity index (χ3n) is 4.37. The molecule has 1 fully saturated rings. The van der Waals surface area contributed by atoms with E-state index in [2.05, 4.69) is 4.98 Å². The third kappa shape index (κ3) is 3.00. The monoisotopic (exact) mass is 366 g/mol. The molecule has 3 aromatic rings. The van der Waals surface area contributed by atoms with E-state index in [1.54, 1.807) is 18.2 Å². The number of halogens is 4. The number of fused-ring (bicyclic) bond motifs is 3. The highest BCUT2D eigenvalue weighted by Gasteiger charge is 2.31. The molecule has 130 valence electrons. The lowest BCUT2D eigenvalue weighted by Gasteiger charge is -2.29. The maximum absolute atomic E-state index is 13.2. The Labute approximate surface area is 147 Å². The van der Waals surface area contributed by atoms with Crippen molar-refractivity contribution < 1.29 is 17.9 Å². The van der Waals surface area contributed by atoms with Crippen LogP contribution in [0.5, 0.6) is 0 Å². The van der Waals surface area contributed by atoms with Crippen molar-refractivity contribution in [2.24, 2.45) is 0 Å². The molecule has 0 spiro atoms. The molecule has 0 aliphatic carbocycles. The molecule has 25 heavy (non-hydrogen) atoms. The smallest absolute Gasteiger partial charge is 0.378 e. The number of benzene rings is 2. The summed E-state index contributed by atoms with van der Waals surface area (Å²) in [4.78, 5) is 6.59. The second-order valence-electron chi connectivity index (χ2n) is 5.95. The minimum atomic E-state index is -4.40. The molecule has 0 radical (unpaired) electrons. The van der Waals surface area contributed by atoms with E-state index in [0.717, 1.165) is 16.8 Å². The summed E-state index contributed by atoms with van der Waals surface area (Å²) in [5.41, 5.74) is -0.00845. The second kappa shape index (κ2) is 6.04. The number of nitrogens with zero attached hydrogens (tertiary/aromatic N) is 2. The normalized spacial score (nSPS) is 15.9. The van der Waals surface area contributed by atoms with E-state index in [1.807, 2.05) is 4.90 Å². The largest absolute Gasteiger partial charge is 0.416 e. The average Bonchev–Trinajstić information content (AvgIpc) is 2.60. The van der Waals surface area contributed by atoms with Crippen molar-refractivity contribution in [3.63, 3.8) is 0 Å². The molecule has 1 aromatic heterocycles. The molecule has 4 rings (SSSR count). The van der Waals surface area contributed by atoms with Crippen molar-refractivity contribution in [1.82, 2.24) is 4.98 Å². The fourth-order valence-electron chi connectivity index (χ4n) is 3.16. The number of rotatable bonds is 1. The summed E-state index contributed by atoms with van der Waals surface area (Å²) >= 11 is 6.07. The highest BCUT2D eigenvalue weighted by Crippen LogP contribution is 2.37. The Bertz CT molecular complexity index is 952. The molecule has 1 aliphatic rings. The van der Waals surface area contributed by atoms with Crippen LogP contribution in [0.25, 0.3) is 21.7 Å². The number of hydrogen-bond acceptors (Lipinski definition) is 3. The van der Waals surface area contributed by atoms with Gasteiger partial charge >= 0.3 is 6.18 Å². The quantitative estimate of drug-likeness (QED) is 0.573. The van der Waals surface area contributed by atoms with E-state index in [9.17, 15) is 13.2 Å². The van der Waals surface area contributed by atoms with Crippen molar-refractivity contribution >= 4 is 39.1 Å². The molecule has 1 aliphatic heterocycles. The Kier molecular flexibility index (Phi) is 3.96. The van der Waals surface area contributed by atoms with Gasteiger partial charge in [-0.2, -0.15) is 13.2 Å². The lowest BCUT2D eigenvalue weighted by Crippen LogP contribution is -2.36.